The monoisotopic (exact) mass is 266 g/mol. The van der Waals surface area contributed by atoms with Crippen LogP contribution < -0.4 is 0 Å². The van der Waals surface area contributed by atoms with Crippen LogP contribution in [-0.4, -0.2) is 64.4 Å². The van der Waals surface area contributed by atoms with E-state index in [2.05, 4.69) is 0 Å². The third kappa shape index (κ3) is 20.7. The fourth-order valence-electron chi connectivity index (χ4n) is 0.772. The van der Waals surface area contributed by atoms with E-state index in [4.69, 9.17) is 24.1 Å². The molecule has 0 amide bonds. The van der Waals surface area contributed by atoms with Crippen LogP contribution in [0.1, 0.15) is 20.3 Å². The fraction of sp³-hybridized carbons (Fsp3) is 0.917. The lowest BCUT2D eigenvalue weighted by molar-refractivity contribution is -0.136. The molecule has 0 radical (unpaired) electrons. The van der Waals surface area contributed by atoms with Crippen LogP contribution in [0.5, 0.6) is 0 Å². The Morgan fingerprint density at radius 2 is 1.61 bits per heavy atom. The van der Waals surface area contributed by atoms with Crippen molar-refractivity contribution in [2.45, 2.75) is 26.4 Å². The van der Waals surface area contributed by atoms with Gasteiger partial charge >= 0.3 is 5.97 Å². The minimum Gasteiger partial charge on any atom is -0.481 e. The highest BCUT2D eigenvalue weighted by Gasteiger charge is 2.00. The Hall–Kier alpha value is -0.690. The van der Waals surface area contributed by atoms with Gasteiger partial charge in [-0.15, -0.1) is 0 Å². The van der Waals surface area contributed by atoms with Crippen molar-refractivity contribution in [3.05, 3.63) is 0 Å². The number of rotatable bonds is 10. The molecule has 0 rings (SSSR count). The second kappa shape index (κ2) is 16.3. The molecule has 0 spiro atoms. The summed E-state index contributed by atoms with van der Waals surface area (Å²) >= 11 is 0. The molecule has 0 saturated carbocycles. The van der Waals surface area contributed by atoms with E-state index in [0.717, 1.165) is 0 Å². The molecule has 1 unspecified atom stereocenters. The molecule has 0 bridgehead atoms. The van der Waals surface area contributed by atoms with Gasteiger partial charge in [-0.3, -0.25) is 4.79 Å². The molecule has 0 aromatic heterocycles. The van der Waals surface area contributed by atoms with E-state index in [0.29, 0.717) is 33.0 Å². The number of aliphatic carboxylic acids is 1. The van der Waals surface area contributed by atoms with Crippen LogP contribution in [0.2, 0.25) is 0 Å². The van der Waals surface area contributed by atoms with Gasteiger partial charge in [0.15, 0.2) is 0 Å². The number of carboxylic acid groups (broad SMARTS) is 1. The fourth-order valence-corrected chi connectivity index (χ4v) is 0.772. The molecule has 0 heterocycles. The largest absolute Gasteiger partial charge is 0.481 e. The molecule has 110 valence electrons. The van der Waals surface area contributed by atoms with E-state index in [-0.39, 0.29) is 12.5 Å². The van der Waals surface area contributed by atoms with Crippen molar-refractivity contribution in [3.63, 3.8) is 0 Å². The van der Waals surface area contributed by atoms with E-state index in [9.17, 15) is 4.79 Å². The molecule has 1 atom stereocenters. The first kappa shape index (κ1) is 19.6. The molecule has 1 N–H and O–H groups in total. The normalized spacial score (nSPS) is 11.6. The van der Waals surface area contributed by atoms with Crippen LogP contribution in [0.3, 0.4) is 0 Å². The maximum absolute atomic E-state index is 9.37. The summed E-state index contributed by atoms with van der Waals surface area (Å²) in [5, 5.41) is 7.72. The van der Waals surface area contributed by atoms with Gasteiger partial charge in [0.1, 0.15) is 0 Å². The Balaban J connectivity index is 0. The van der Waals surface area contributed by atoms with E-state index >= 15 is 0 Å². The van der Waals surface area contributed by atoms with Gasteiger partial charge < -0.3 is 24.1 Å². The van der Waals surface area contributed by atoms with Crippen LogP contribution in [0.25, 0.3) is 0 Å². The Kier molecular flexibility index (Phi) is 17.8. The predicted molar refractivity (Wildman–Crippen MR) is 67.9 cm³/mol. The molecule has 6 nitrogen and oxygen atoms in total. The van der Waals surface area contributed by atoms with E-state index in [1.807, 2.05) is 6.92 Å². The summed E-state index contributed by atoms with van der Waals surface area (Å²) in [7, 11) is 3.31. The van der Waals surface area contributed by atoms with Crippen molar-refractivity contribution in [2.24, 2.45) is 0 Å². The second-order valence-electron chi connectivity index (χ2n) is 3.49. The molecule has 0 aliphatic heterocycles. The minimum absolute atomic E-state index is 0.118. The molecule has 0 aliphatic carbocycles. The second-order valence-corrected chi connectivity index (χ2v) is 3.49. The van der Waals surface area contributed by atoms with Crippen molar-refractivity contribution in [2.75, 3.05) is 47.3 Å². The summed E-state index contributed by atoms with van der Waals surface area (Å²) in [5.41, 5.74) is 0. The summed E-state index contributed by atoms with van der Waals surface area (Å²) in [6.07, 6.45) is 0.340. The van der Waals surface area contributed by atoms with Crippen molar-refractivity contribution >= 4 is 5.97 Å². The van der Waals surface area contributed by atoms with E-state index in [1.165, 1.54) is 0 Å². The lowest BCUT2D eigenvalue weighted by Gasteiger charge is -2.12. The molecular formula is C12H26O6. The highest BCUT2D eigenvalue weighted by atomic mass is 16.6. The molecular weight excluding hydrogens is 240 g/mol. The van der Waals surface area contributed by atoms with Gasteiger partial charge in [-0.05, 0) is 6.92 Å². The Bertz CT molecular complexity index is 174. The van der Waals surface area contributed by atoms with Crippen LogP contribution in [0, 0.1) is 0 Å². The predicted octanol–water partition coefficient (Wildman–Crippen LogP) is 1.18. The topological polar surface area (TPSA) is 74.2 Å². The Morgan fingerprint density at radius 3 is 2.06 bits per heavy atom. The Labute approximate surface area is 109 Å². The lowest BCUT2D eigenvalue weighted by Crippen LogP contribution is -2.19. The summed E-state index contributed by atoms with van der Waals surface area (Å²) in [6.45, 7) is 6.67. The smallest absolute Gasteiger partial charge is 0.303 e. The van der Waals surface area contributed by atoms with Crippen LogP contribution in [0.15, 0.2) is 0 Å². The van der Waals surface area contributed by atoms with Crippen LogP contribution in [0.4, 0.5) is 0 Å². The first-order valence-electron chi connectivity index (χ1n) is 5.97. The van der Waals surface area contributed by atoms with Gasteiger partial charge in [-0.25, -0.2) is 0 Å². The quantitative estimate of drug-likeness (QED) is 0.599. The van der Waals surface area contributed by atoms with E-state index in [1.54, 1.807) is 21.1 Å². The average Bonchev–Trinajstić information content (AvgIpc) is 2.36. The number of hydrogen-bond donors (Lipinski definition) is 1. The molecule has 18 heavy (non-hydrogen) atoms. The maximum atomic E-state index is 9.37. The molecule has 0 fully saturated rings. The zero-order valence-corrected chi connectivity index (χ0v) is 11.8. The lowest BCUT2D eigenvalue weighted by atomic mass is 10.4. The molecule has 0 aromatic carbocycles. The average molecular weight is 266 g/mol. The zero-order valence-electron chi connectivity index (χ0n) is 11.8. The third-order valence-electron chi connectivity index (χ3n) is 1.78. The van der Waals surface area contributed by atoms with Crippen molar-refractivity contribution in [1.82, 2.24) is 0 Å². The third-order valence-corrected chi connectivity index (χ3v) is 1.78. The van der Waals surface area contributed by atoms with Crippen LogP contribution >= 0.6 is 0 Å². The molecule has 6 heteroatoms. The van der Waals surface area contributed by atoms with Gasteiger partial charge in [0.2, 0.25) is 0 Å². The van der Waals surface area contributed by atoms with Crippen LogP contribution in [-0.2, 0) is 23.7 Å². The van der Waals surface area contributed by atoms with Gasteiger partial charge in [0.05, 0.1) is 39.1 Å². The van der Waals surface area contributed by atoms with Crippen molar-refractivity contribution < 1.29 is 28.8 Å². The Morgan fingerprint density at radius 1 is 1.11 bits per heavy atom. The zero-order chi connectivity index (χ0) is 14.2. The first-order chi connectivity index (χ1) is 8.58. The van der Waals surface area contributed by atoms with Crippen molar-refractivity contribution in [1.29, 1.82) is 0 Å². The highest BCUT2D eigenvalue weighted by molar-refractivity contribution is 5.66. The molecule has 0 saturated heterocycles. The highest BCUT2D eigenvalue weighted by Crippen LogP contribution is 1.91. The number of carbonyl (C=O) groups is 1. The number of hydrogen-bond acceptors (Lipinski definition) is 5. The van der Waals surface area contributed by atoms with E-state index < -0.39 is 5.97 Å². The van der Waals surface area contributed by atoms with Gasteiger partial charge in [-0.2, -0.15) is 0 Å². The van der Waals surface area contributed by atoms with Gasteiger partial charge in [0, 0.05) is 20.6 Å². The first-order valence-corrected chi connectivity index (χ1v) is 5.97. The van der Waals surface area contributed by atoms with Gasteiger partial charge in [0.25, 0.3) is 0 Å². The summed E-state index contributed by atoms with van der Waals surface area (Å²) < 4.78 is 20.3. The number of ether oxygens (including phenoxy) is 4. The molecule has 0 aromatic rings. The number of methoxy groups -OCH3 is 2. The minimum atomic E-state index is -0.745. The van der Waals surface area contributed by atoms with Gasteiger partial charge in [-0.1, -0.05) is 6.92 Å². The SMILES string of the molecule is CCC(=O)O.COCCOCC(C)OCCOC. The summed E-state index contributed by atoms with van der Waals surface area (Å²) in [5.74, 6) is -0.745. The summed E-state index contributed by atoms with van der Waals surface area (Å²) in [4.78, 5) is 9.37. The standard InChI is InChI=1S/C9H20O4.C3H6O2/c1-9(13-7-5-11-3)8-12-6-4-10-2;1-2-3(4)5/h9H,4-8H2,1-3H3;2H2,1H3,(H,4,5). The maximum Gasteiger partial charge on any atom is 0.303 e. The summed E-state index contributed by atoms with van der Waals surface area (Å²) in [6, 6.07) is 0. The van der Waals surface area contributed by atoms with Crippen molar-refractivity contribution in [3.8, 4) is 0 Å². The molecule has 0 aliphatic rings. The number of carboxylic acids is 1.